The molecule has 11 rings (SSSR count). The first-order valence-electron chi connectivity index (χ1n) is 32.9. The van der Waals surface area contributed by atoms with Gasteiger partial charge in [-0.3, -0.25) is 39.1 Å². The van der Waals surface area contributed by atoms with Crippen LogP contribution in [0.25, 0.3) is 21.5 Å². The normalized spacial score (nSPS) is 14.9. The number of nitrogens with zero attached hydrogens (tertiary/aromatic N) is 8. The van der Waals surface area contributed by atoms with E-state index in [1.54, 1.807) is 24.8 Å². The van der Waals surface area contributed by atoms with Crippen LogP contribution < -0.4 is 10.2 Å². The highest BCUT2D eigenvalue weighted by atomic mass is 32.2. The van der Waals surface area contributed by atoms with E-state index >= 15 is 0 Å². The number of anilines is 1. The number of aromatic hydroxyl groups is 1. The number of hydrogen-bond donors (Lipinski definition) is 3. The third kappa shape index (κ3) is 16.6. The van der Waals surface area contributed by atoms with Crippen LogP contribution in [0.3, 0.4) is 0 Å². The van der Waals surface area contributed by atoms with Crippen molar-refractivity contribution in [3.8, 4) is 5.75 Å². The summed E-state index contributed by atoms with van der Waals surface area (Å²) in [5.74, 6) is 0.00729. The molecule has 0 aliphatic carbocycles. The highest BCUT2D eigenvalue weighted by Gasteiger charge is 2.45. The lowest BCUT2D eigenvalue weighted by Gasteiger charge is -2.27. The average Bonchev–Trinajstić information content (AvgIpc) is 1.58. The van der Waals surface area contributed by atoms with E-state index in [0.717, 1.165) is 76.7 Å². The van der Waals surface area contributed by atoms with E-state index in [0.29, 0.717) is 78.0 Å². The van der Waals surface area contributed by atoms with Crippen LogP contribution in [0.2, 0.25) is 0 Å². The fraction of sp³-hybridized carbons (Fsp3) is 0.291. The van der Waals surface area contributed by atoms with Crippen LogP contribution in [0.5, 0.6) is 5.75 Å². The molecule has 0 unspecified atom stereocenters. The molecule has 2 aliphatic rings. The van der Waals surface area contributed by atoms with Crippen LogP contribution in [0, 0.1) is 0 Å². The number of benzene rings is 5. The zero-order valence-corrected chi connectivity index (χ0v) is 55.3. The quantitative estimate of drug-likeness (QED) is 0.0169. The fourth-order valence-electron chi connectivity index (χ4n) is 13.7. The molecule has 0 spiro atoms. The largest absolute Gasteiger partial charge is 0.507 e. The lowest BCUT2D eigenvalue weighted by molar-refractivity contribution is -0.438. The summed E-state index contributed by atoms with van der Waals surface area (Å²) in [5, 5.41) is 20.4. The maximum atomic E-state index is 13.7. The second-order valence-corrected chi connectivity index (χ2v) is 27.3. The van der Waals surface area contributed by atoms with Crippen LogP contribution in [-0.4, -0.2) is 89.4 Å². The van der Waals surface area contributed by atoms with Crippen molar-refractivity contribution in [3.05, 3.63) is 281 Å². The fourth-order valence-corrected chi connectivity index (χ4v) is 14.2. The van der Waals surface area contributed by atoms with Gasteiger partial charge in [0.1, 0.15) is 12.3 Å². The van der Waals surface area contributed by atoms with Crippen molar-refractivity contribution in [2.24, 2.45) is 0 Å². The number of carbonyl (C=O) groups excluding carboxylic acids is 1. The Kier molecular flexibility index (Phi) is 21.6. The molecular weight excluding hydrogens is 1190 g/mol. The van der Waals surface area contributed by atoms with Crippen molar-refractivity contribution < 1.29 is 27.4 Å². The SMILES string of the molecule is CC1(C)C(/C=C/C=C/C=C/C=C2\N(CCCCS(=O)(=O)O)c3ccc4ccccc4c3C2(C)C)=[N+](CCCCCC(=O)NCCc2cc(CN(Cc3ccccn3)Cc3ccccn3)c(O)c(CN(Cc3ccccn3)Cc3ccccn3)c2)c2ccc3ccccc3c21. The maximum Gasteiger partial charge on any atom is 0.264 e. The topological polar surface area (TPSA) is 168 Å². The van der Waals surface area contributed by atoms with Crippen molar-refractivity contribution >= 4 is 54.7 Å². The highest BCUT2D eigenvalue weighted by molar-refractivity contribution is 7.85. The van der Waals surface area contributed by atoms with Gasteiger partial charge in [0.2, 0.25) is 11.6 Å². The van der Waals surface area contributed by atoms with Gasteiger partial charge in [0, 0.05) is 136 Å². The Morgan fingerprint density at radius 2 is 1.10 bits per heavy atom. The van der Waals surface area contributed by atoms with E-state index in [9.17, 15) is 22.9 Å². The minimum Gasteiger partial charge on any atom is -0.507 e. The minimum atomic E-state index is -4.04. The van der Waals surface area contributed by atoms with E-state index in [1.807, 2.05) is 72.8 Å². The Hall–Kier alpha value is -9.25. The Morgan fingerprint density at radius 1 is 0.574 bits per heavy atom. The number of nitrogens with one attached hydrogen (secondary N) is 1. The Bertz CT molecular complexity index is 4170. The summed E-state index contributed by atoms with van der Waals surface area (Å²) in [5.41, 5.74) is 12.9. The van der Waals surface area contributed by atoms with E-state index in [2.05, 4.69) is 200 Å². The summed E-state index contributed by atoms with van der Waals surface area (Å²) in [6.45, 7) is 14.1. The summed E-state index contributed by atoms with van der Waals surface area (Å²) < 4.78 is 35.1. The predicted molar refractivity (Wildman–Crippen MR) is 378 cm³/mol. The molecule has 2 aliphatic heterocycles. The number of pyridine rings is 4. The smallest absolute Gasteiger partial charge is 0.264 e. The van der Waals surface area contributed by atoms with Crippen LogP contribution in [0.4, 0.5) is 11.4 Å². The molecule has 1 amide bonds. The Balaban J connectivity index is 0.758. The molecule has 14 nitrogen and oxygen atoms in total. The number of aromatic nitrogens is 4. The zero-order chi connectivity index (χ0) is 65.5. The summed E-state index contributed by atoms with van der Waals surface area (Å²) in [7, 11) is -4.04. The van der Waals surface area contributed by atoms with Gasteiger partial charge in [0.25, 0.3) is 10.1 Å². The monoisotopic (exact) mass is 1270 g/mol. The molecule has 15 heteroatoms. The van der Waals surface area contributed by atoms with Gasteiger partial charge >= 0.3 is 0 Å². The molecule has 5 aromatic carbocycles. The minimum absolute atomic E-state index is 0.0242. The molecule has 94 heavy (non-hydrogen) atoms. The first-order valence-corrected chi connectivity index (χ1v) is 34.5. The number of carbonyl (C=O) groups is 1. The lowest BCUT2D eigenvalue weighted by atomic mass is 9.79. The van der Waals surface area contributed by atoms with Crippen LogP contribution in [-0.2, 0) is 71.4 Å². The summed E-state index contributed by atoms with van der Waals surface area (Å²) >= 11 is 0. The molecular formula is C79H86N9O5S+. The molecule has 0 atom stereocenters. The number of allylic oxidation sites excluding steroid dienone is 8. The van der Waals surface area contributed by atoms with E-state index in [4.69, 9.17) is 0 Å². The molecule has 0 bridgehead atoms. The zero-order valence-electron chi connectivity index (χ0n) is 54.5. The van der Waals surface area contributed by atoms with E-state index in [-0.39, 0.29) is 28.2 Å². The Morgan fingerprint density at radius 3 is 1.65 bits per heavy atom. The Labute approximate surface area is 554 Å². The van der Waals surface area contributed by atoms with Crippen LogP contribution >= 0.6 is 0 Å². The molecule has 9 aromatic rings. The van der Waals surface area contributed by atoms with Gasteiger partial charge in [-0.15, -0.1) is 0 Å². The number of unbranched alkanes of at least 4 members (excludes halogenated alkanes) is 3. The standard InChI is InChI=1S/C79H85N9O5S/c1-78(2)72(35-9-6-5-7-10-36-73-79(3,4)76-69-34-15-13-28-61(69)39-41-71(76)88(73)49-25-26-50-94(91,92)93)87(70-40-38-60-27-12-14-33-68(60)75(70)78)48-24-8-11-37-74(89)84-47-42-59-51-62(53-85(55-64-29-16-20-43-80-64)56-65-30-17-21-44-81-65)77(90)63(52-59)54-86(57-66-31-18-22-45-82-66)58-67-32-19-23-46-83-67/h5-7,9-10,12-23,27-36,38-41,43-46,51-52H,8,11,24-26,37,42,47-50,53-58H2,1-4H3,(H2-,84,89,90,91,92,93)/p+1. The highest BCUT2D eigenvalue weighted by Crippen LogP contribution is 2.51. The summed E-state index contributed by atoms with van der Waals surface area (Å²) in [4.78, 5) is 39.1. The second kappa shape index (κ2) is 30.7. The molecule has 0 radical (unpaired) electrons. The van der Waals surface area contributed by atoms with Gasteiger partial charge in [-0.2, -0.15) is 13.0 Å². The average molecular weight is 1270 g/mol. The van der Waals surface area contributed by atoms with Gasteiger partial charge in [-0.25, -0.2) is 0 Å². The van der Waals surface area contributed by atoms with Crippen molar-refractivity contribution in [1.82, 2.24) is 35.1 Å². The number of rotatable bonds is 30. The number of phenolic OH excluding ortho intramolecular Hbond substituents is 1. The van der Waals surface area contributed by atoms with Crippen molar-refractivity contribution in [1.29, 1.82) is 0 Å². The van der Waals surface area contributed by atoms with Crippen molar-refractivity contribution in [2.75, 3.05) is 30.3 Å². The number of fused-ring (bicyclic) bond motifs is 6. The second-order valence-electron chi connectivity index (χ2n) is 25.7. The van der Waals surface area contributed by atoms with Crippen molar-refractivity contribution in [3.63, 3.8) is 0 Å². The molecule has 3 N–H and O–H groups in total. The molecule has 0 saturated carbocycles. The lowest BCUT2D eigenvalue weighted by Crippen LogP contribution is -2.28. The van der Waals surface area contributed by atoms with E-state index < -0.39 is 10.1 Å². The van der Waals surface area contributed by atoms with Crippen LogP contribution in [0.1, 0.15) is 117 Å². The third-order valence-corrected chi connectivity index (χ3v) is 18.9. The summed E-state index contributed by atoms with van der Waals surface area (Å²) in [6.07, 6.45) is 26.6. The molecule has 482 valence electrons. The van der Waals surface area contributed by atoms with Gasteiger partial charge in [0.15, 0.2) is 5.71 Å². The van der Waals surface area contributed by atoms with Gasteiger partial charge in [-0.05, 0) is 145 Å². The maximum absolute atomic E-state index is 13.7. The molecule has 4 aromatic heterocycles. The molecule has 0 saturated heterocycles. The van der Waals surface area contributed by atoms with Crippen molar-refractivity contribution in [2.45, 2.75) is 123 Å². The third-order valence-electron chi connectivity index (χ3n) is 18.1. The van der Waals surface area contributed by atoms with Gasteiger partial charge in [0.05, 0.1) is 33.9 Å². The molecule has 6 heterocycles. The first kappa shape index (κ1) is 66.2. The number of amides is 1. The number of hydrogen-bond acceptors (Lipinski definition) is 11. The molecule has 0 fully saturated rings. The predicted octanol–water partition coefficient (Wildman–Crippen LogP) is 15.0. The van der Waals surface area contributed by atoms with Gasteiger partial charge < -0.3 is 15.3 Å². The van der Waals surface area contributed by atoms with Crippen LogP contribution in [0.15, 0.2) is 231 Å². The number of phenols is 1. The van der Waals surface area contributed by atoms with E-state index in [1.165, 1.54) is 44.1 Å². The van der Waals surface area contributed by atoms with Gasteiger partial charge in [-0.1, -0.05) is 135 Å². The summed E-state index contributed by atoms with van der Waals surface area (Å²) in [6, 6.07) is 53.8. The first-order chi connectivity index (χ1) is 45.6.